The van der Waals surface area contributed by atoms with Crippen LogP contribution in [0.5, 0.6) is 0 Å². The van der Waals surface area contributed by atoms with Gasteiger partial charge in [0.2, 0.25) is 0 Å². The molecule has 0 saturated heterocycles. The van der Waals surface area contributed by atoms with Crippen LogP contribution in [-0.2, 0) is 0 Å². The Morgan fingerprint density at radius 2 is 2.12 bits per heavy atom. The van der Waals surface area contributed by atoms with Gasteiger partial charge in [0.15, 0.2) is 0 Å². The van der Waals surface area contributed by atoms with Crippen LogP contribution in [0.2, 0.25) is 0 Å². The van der Waals surface area contributed by atoms with Crippen LogP contribution in [-0.4, -0.2) is 16.1 Å². The largest absolute Gasteiger partial charge is 0.387 e. The van der Waals surface area contributed by atoms with Gasteiger partial charge < -0.3 is 15.8 Å². The maximum absolute atomic E-state index is 13.0. The number of halogens is 1. The van der Waals surface area contributed by atoms with Gasteiger partial charge in [0.25, 0.3) is 0 Å². The predicted octanol–water partition coefficient (Wildman–Crippen LogP) is 2.00. The van der Waals surface area contributed by atoms with Gasteiger partial charge in [-0.2, -0.15) is 0 Å². The quantitative estimate of drug-likeness (QED) is 0.727. The zero-order chi connectivity index (χ0) is 11.9. The Morgan fingerprint density at radius 3 is 2.75 bits per heavy atom. The molecule has 3 nitrogen and oxygen atoms in total. The monoisotopic (exact) mass is 222 g/mol. The van der Waals surface area contributed by atoms with Gasteiger partial charge in [-0.3, -0.25) is 0 Å². The van der Waals surface area contributed by atoms with Crippen molar-refractivity contribution >= 4 is 10.9 Å². The lowest BCUT2D eigenvalue weighted by atomic mass is 10.0. The molecule has 0 fully saturated rings. The molecule has 2 unspecified atom stereocenters. The lowest BCUT2D eigenvalue weighted by Crippen LogP contribution is -2.24. The number of aromatic nitrogens is 1. The summed E-state index contributed by atoms with van der Waals surface area (Å²) in [5, 5.41) is 10.8. The van der Waals surface area contributed by atoms with Gasteiger partial charge in [-0.1, -0.05) is 0 Å². The highest BCUT2D eigenvalue weighted by Crippen LogP contribution is 2.29. The number of hydrogen-bond acceptors (Lipinski definition) is 2. The van der Waals surface area contributed by atoms with Crippen molar-refractivity contribution in [1.82, 2.24) is 4.98 Å². The number of aryl methyl sites for hydroxylation is 1. The molecule has 16 heavy (non-hydrogen) atoms. The molecular formula is C12H15FN2O. The molecule has 0 aliphatic carbocycles. The third kappa shape index (κ3) is 1.70. The van der Waals surface area contributed by atoms with Gasteiger partial charge in [0, 0.05) is 28.2 Å². The predicted molar refractivity (Wildman–Crippen MR) is 61.6 cm³/mol. The van der Waals surface area contributed by atoms with Gasteiger partial charge >= 0.3 is 0 Å². The molecule has 4 heteroatoms. The normalized spacial score (nSPS) is 15.3. The summed E-state index contributed by atoms with van der Waals surface area (Å²) in [4.78, 5) is 3.05. The smallest absolute Gasteiger partial charge is 0.125 e. The molecule has 86 valence electrons. The first-order chi connectivity index (χ1) is 7.50. The van der Waals surface area contributed by atoms with E-state index in [4.69, 9.17) is 5.73 Å². The zero-order valence-corrected chi connectivity index (χ0v) is 9.29. The Hall–Kier alpha value is -1.39. The maximum atomic E-state index is 13.0. The Kier molecular flexibility index (Phi) is 2.69. The first-order valence-electron chi connectivity index (χ1n) is 5.22. The number of nitrogens with two attached hydrogens (primary N) is 1. The number of aromatic amines is 1. The van der Waals surface area contributed by atoms with Gasteiger partial charge in [0.05, 0.1) is 6.10 Å². The first-order valence-corrected chi connectivity index (χ1v) is 5.22. The van der Waals surface area contributed by atoms with E-state index >= 15 is 0 Å². The second kappa shape index (κ2) is 3.88. The minimum Gasteiger partial charge on any atom is -0.387 e. The highest BCUT2D eigenvalue weighted by Gasteiger charge is 2.19. The number of aliphatic hydroxyl groups is 1. The zero-order valence-electron chi connectivity index (χ0n) is 9.29. The van der Waals surface area contributed by atoms with E-state index < -0.39 is 6.10 Å². The highest BCUT2D eigenvalue weighted by molar-refractivity contribution is 5.85. The first kappa shape index (κ1) is 11.1. The lowest BCUT2D eigenvalue weighted by molar-refractivity contribution is 0.154. The van der Waals surface area contributed by atoms with Crippen molar-refractivity contribution in [1.29, 1.82) is 0 Å². The molecule has 1 aromatic carbocycles. The summed E-state index contributed by atoms with van der Waals surface area (Å²) in [6, 6.07) is 4.10. The molecule has 0 bridgehead atoms. The Bertz CT molecular complexity index is 519. The fourth-order valence-corrected chi connectivity index (χ4v) is 1.97. The molecule has 2 atom stereocenters. The summed E-state index contributed by atoms with van der Waals surface area (Å²) >= 11 is 0. The van der Waals surface area contributed by atoms with Crippen molar-refractivity contribution < 1.29 is 9.50 Å². The standard InChI is InChI=1S/C12H15FN2O/c1-6(14)12(16)11-7(2)15-10-5-8(13)3-4-9(10)11/h3-6,12,15-16H,14H2,1-2H3. The van der Waals surface area contributed by atoms with Crippen molar-refractivity contribution in [3.05, 3.63) is 35.3 Å². The number of aliphatic hydroxyl groups excluding tert-OH is 1. The van der Waals surface area contributed by atoms with Crippen molar-refractivity contribution in [3.63, 3.8) is 0 Å². The number of fused-ring (bicyclic) bond motifs is 1. The SMILES string of the molecule is Cc1[nH]c2cc(F)ccc2c1C(O)C(C)N. The van der Waals surface area contributed by atoms with Crippen LogP contribution in [0.4, 0.5) is 4.39 Å². The number of nitrogens with one attached hydrogen (secondary N) is 1. The fraction of sp³-hybridized carbons (Fsp3) is 0.333. The summed E-state index contributed by atoms with van der Waals surface area (Å²) in [7, 11) is 0. The van der Waals surface area contributed by atoms with Crippen molar-refractivity contribution in [2.45, 2.75) is 26.0 Å². The van der Waals surface area contributed by atoms with E-state index in [1.807, 2.05) is 6.92 Å². The Labute approximate surface area is 93.1 Å². The second-order valence-electron chi connectivity index (χ2n) is 4.16. The Balaban J connectivity index is 2.65. The second-order valence-corrected chi connectivity index (χ2v) is 4.16. The summed E-state index contributed by atoms with van der Waals surface area (Å²) in [5.74, 6) is -0.296. The molecule has 0 radical (unpaired) electrons. The minimum atomic E-state index is -0.737. The number of rotatable bonds is 2. The van der Waals surface area contributed by atoms with Gasteiger partial charge in [-0.25, -0.2) is 4.39 Å². The number of H-pyrrole nitrogens is 1. The third-order valence-corrected chi connectivity index (χ3v) is 2.79. The van der Waals surface area contributed by atoms with Crippen LogP contribution in [0, 0.1) is 12.7 Å². The van der Waals surface area contributed by atoms with Crippen LogP contribution in [0.3, 0.4) is 0 Å². The van der Waals surface area contributed by atoms with Crippen LogP contribution >= 0.6 is 0 Å². The molecule has 0 saturated carbocycles. The Morgan fingerprint density at radius 1 is 1.44 bits per heavy atom. The van der Waals surface area contributed by atoms with Gasteiger partial charge in [-0.05, 0) is 32.0 Å². The van der Waals surface area contributed by atoms with E-state index in [1.54, 1.807) is 13.0 Å². The average Bonchev–Trinajstić information content (AvgIpc) is 2.51. The lowest BCUT2D eigenvalue weighted by Gasteiger charge is -2.14. The van der Waals surface area contributed by atoms with Crippen molar-refractivity contribution in [2.24, 2.45) is 5.73 Å². The van der Waals surface area contributed by atoms with Crippen LogP contribution < -0.4 is 5.73 Å². The molecule has 0 amide bonds. The fourth-order valence-electron chi connectivity index (χ4n) is 1.97. The molecule has 0 aliphatic rings. The summed E-state index contributed by atoms with van der Waals surface area (Å²) in [6.07, 6.45) is -0.737. The summed E-state index contributed by atoms with van der Waals surface area (Å²) in [5.41, 5.74) is 7.95. The average molecular weight is 222 g/mol. The van der Waals surface area contributed by atoms with Gasteiger partial charge in [-0.15, -0.1) is 0 Å². The molecule has 1 aromatic heterocycles. The van der Waals surface area contributed by atoms with Crippen molar-refractivity contribution in [3.8, 4) is 0 Å². The van der Waals surface area contributed by atoms with E-state index in [2.05, 4.69) is 4.98 Å². The summed E-state index contributed by atoms with van der Waals surface area (Å²) in [6.45, 7) is 3.59. The summed E-state index contributed by atoms with van der Waals surface area (Å²) < 4.78 is 13.0. The molecule has 4 N–H and O–H groups in total. The topological polar surface area (TPSA) is 62.0 Å². The minimum absolute atomic E-state index is 0.296. The molecule has 2 rings (SSSR count). The third-order valence-electron chi connectivity index (χ3n) is 2.79. The van der Waals surface area contributed by atoms with Crippen LogP contribution in [0.15, 0.2) is 18.2 Å². The van der Waals surface area contributed by atoms with E-state index in [9.17, 15) is 9.50 Å². The number of hydrogen-bond donors (Lipinski definition) is 3. The maximum Gasteiger partial charge on any atom is 0.125 e. The van der Waals surface area contributed by atoms with Gasteiger partial charge in [0.1, 0.15) is 5.82 Å². The molecule has 0 spiro atoms. The molecule has 0 aliphatic heterocycles. The van der Waals surface area contributed by atoms with E-state index in [0.717, 1.165) is 16.6 Å². The number of benzene rings is 1. The molecule has 2 aromatic rings. The molecule has 1 heterocycles. The van der Waals surface area contributed by atoms with E-state index in [1.165, 1.54) is 12.1 Å². The van der Waals surface area contributed by atoms with E-state index in [-0.39, 0.29) is 11.9 Å². The molecular weight excluding hydrogens is 207 g/mol. The van der Waals surface area contributed by atoms with Crippen LogP contribution in [0.1, 0.15) is 24.3 Å². The van der Waals surface area contributed by atoms with Crippen molar-refractivity contribution in [2.75, 3.05) is 0 Å². The highest BCUT2D eigenvalue weighted by atomic mass is 19.1. The van der Waals surface area contributed by atoms with E-state index in [0.29, 0.717) is 5.52 Å². The van der Waals surface area contributed by atoms with Crippen LogP contribution in [0.25, 0.3) is 10.9 Å².